The van der Waals surface area contributed by atoms with Crippen LogP contribution >= 0.6 is 0 Å². The number of hydrogen-bond donors (Lipinski definition) is 2. The molecule has 35 heavy (non-hydrogen) atoms. The maximum absolute atomic E-state index is 13.2. The Morgan fingerprint density at radius 1 is 1.03 bits per heavy atom. The van der Waals surface area contributed by atoms with Crippen molar-refractivity contribution in [3.8, 4) is 5.88 Å². The third-order valence-electron chi connectivity index (χ3n) is 6.26. The lowest BCUT2D eigenvalue weighted by molar-refractivity contribution is -0.135. The largest absolute Gasteiger partial charge is 0.480 e. The Labute approximate surface area is 203 Å². The number of aryl methyl sites for hydroxylation is 1. The van der Waals surface area contributed by atoms with Crippen molar-refractivity contribution in [3.05, 3.63) is 41.9 Å². The summed E-state index contributed by atoms with van der Waals surface area (Å²) < 4.78 is 11.2. The monoisotopic (exact) mass is 479 g/mol. The van der Waals surface area contributed by atoms with Crippen molar-refractivity contribution >= 4 is 40.2 Å². The summed E-state index contributed by atoms with van der Waals surface area (Å²) in [5.74, 6) is -0.559. The molecule has 3 aromatic rings. The maximum Gasteiger partial charge on any atom is 0.294 e. The molecule has 0 radical (unpaired) electrons. The van der Waals surface area contributed by atoms with Gasteiger partial charge >= 0.3 is 0 Å². The quantitative estimate of drug-likeness (QED) is 0.553. The third-order valence-corrected chi connectivity index (χ3v) is 6.26. The Morgan fingerprint density at radius 3 is 2.37 bits per heavy atom. The molecule has 1 aliphatic carbocycles. The number of nitrogens with zero attached hydrogens (tertiary/aromatic N) is 3. The van der Waals surface area contributed by atoms with Crippen LogP contribution in [0.5, 0.6) is 5.88 Å². The van der Waals surface area contributed by atoms with Crippen molar-refractivity contribution in [1.29, 1.82) is 0 Å². The molecule has 1 saturated carbocycles. The topological polar surface area (TPSA) is 127 Å². The van der Waals surface area contributed by atoms with Crippen molar-refractivity contribution in [3.63, 3.8) is 0 Å². The van der Waals surface area contributed by atoms with Gasteiger partial charge in [0.15, 0.2) is 0 Å². The van der Waals surface area contributed by atoms with Gasteiger partial charge in [0, 0.05) is 44.4 Å². The zero-order valence-electron chi connectivity index (χ0n) is 20.3. The van der Waals surface area contributed by atoms with Crippen molar-refractivity contribution in [2.75, 3.05) is 31.8 Å². The van der Waals surface area contributed by atoms with E-state index in [1.807, 2.05) is 13.0 Å². The number of anilines is 2. The average molecular weight is 480 g/mol. The molecule has 10 heteroatoms. The van der Waals surface area contributed by atoms with Crippen LogP contribution in [0.25, 0.3) is 11.0 Å². The molecule has 0 saturated heterocycles. The lowest BCUT2D eigenvalue weighted by atomic mass is 9.81. The van der Waals surface area contributed by atoms with Crippen LogP contribution < -0.4 is 15.4 Å². The van der Waals surface area contributed by atoms with Crippen molar-refractivity contribution in [2.24, 2.45) is 11.8 Å². The molecule has 0 aromatic carbocycles. The van der Waals surface area contributed by atoms with Crippen LogP contribution in [0.15, 0.2) is 35.0 Å². The third kappa shape index (κ3) is 5.11. The van der Waals surface area contributed by atoms with Crippen molar-refractivity contribution in [2.45, 2.75) is 32.6 Å². The molecule has 2 N–H and O–H groups in total. The number of hydrogen-bond acceptors (Lipinski definition) is 7. The Bertz CT molecular complexity index is 1240. The van der Waals surface area contributed by atoms with E-state index in [4.69, 9.17) is 9.15 Å². The van der Waals surface area contributed by atoms with Crippen LogP contribution in [0.4, 0.5) is 11.5 Å². The molecule has 1 aliphatic rings. The molecule has 184 valence electrons. The fourth-order valence-corrected chi connectivity index (χ4v) is 4.36. The minimum atomic E-state index is -0.560. The van der Waals surface area contributed by atoms with Crippen LogP contribution in [-0.4, -0.2) is 53.8 Å². The first-order chi connectivity index (χ1) is 16.8. The molecule has 3 heterocycles. The van der Waals surface area contributed by atoms with Gasteiger partial charge in [0.05, 0.1) is 7.11 Å². The van der Waals surface area contributed by atoms with Gasteiger partial charge in [0.2, 0.25) is 23.5 Å². The molecule has 3 amide bonds. The molecule has 3 aromatic heterocycles. The molecule has 0 bridgehead atoms. The summed E-state index contributed by atoms with van der Waals surface area (Å²) in [4.78, 5) is 48.6. The SMILES string of the molecule is COc1nccc2oc(C(=O)Nc3ccc(C)cn3)c(NC(=O)C3CCC(C(=O)N(C)C)CC3)c12. The number of nitrogens with one attached hydrogen (secondary N) is 2. The predicted molar refractivity (Wildman–Crippen MR) is 130 cm³/mol. The van der Waals surface area contributed by atoms with E-state index < -0.39 is 5.91 Å². The summed E-state index contributed by atoms with van der Waals surface area (Å²) in [6.07, 6.45) is 5.58. The van der Waals surface area contributed by atoms with E-state index in [-0.39, 0.29) is 41.0 Å². The molecular weight excluding hydrogens is 450 g/mol. The number of methoxy groups -OCH3 is 1. The highest BCUT2D eigenvalue weighted by Gasteiger charge is 2.33. The van der Waals surface area contributed by atoms with Gasteiger partial charge in [0.1, 0.15) is 22.5 Å². The fraction of sp³-hybridized carbons (Fsp3) is 0.400. The fourth-order valence-electron chi connectivity index (χ4n) is 4.36. The van der Waals surface area contributed by atoms with E-state index in [0.29, 0.717) is 42.5 Å². The van der Waals surface area contributed by atoms with Gasteiger partial charge < -0.3 is 24.7 Å². The zero-order valence-corrected chi connectivity index (χ0v) is 20.3. The standard InChI is InChI=1S/C25H29N5O5/c1-14-5-10-18(27-13-14)28-23(32)21-20(19-17(35-21)11-12-26-24(19)34-4)29-22(31)15-6-8-16(9-7-15)25(33)30(2)3/h5,10-13,15-16H,6-9H2,1-4H3,(H,29,31)(H,27,28,32). The molecule has 0 aliphatic heterocycles. The van der Waals surface area contributed by atoms with Crippen LogP contribution in [0.3, 0.4) is 0 Å². The summed E-state index contributed by atoms with van der Waals surface area (Å²) in [6.45, 7) is 1.90. The van der Waals surface area contributed by atoms with E-state index in [2.05, 4.69) is 20.6 Å². The van der Waals surface area contributed by atoms with Gasteiger partial charge in [-0.05, 0) is 44.2 Å². The Morgan fingerprint density at radius 2 is 1.74 bits per heavy atom. The second-order valence-corrected chi connectivity index (χ2v) is 8.94. The molecule has 0 unspecified atom stereocenters. The van der Waals surface area contributed by atoms with Crippen LogP contribution in [0.2, 0.25) is 0 Å². The number of fused-ring (bicyclic) bond motifs is 1. The van der Waals surface area contributed by atoms with E-state index in [0.717, 1.165) is 5.56 Å². The summed E-state index contributed by atoms with van der Waals surface area (Å²) in [6, 6.07) is 5.12. The first kappa shape index (κ1) is 24.2. The summed E-state index contributed by atoms with van der Waals surface area (Å²) in [5, 5.41) is 6.00. The maximum atomic E-state index is 13.2. The number of pyridine rings is 2. The molecule has 0 atom stereocenters. The molecular formula is C25H29N5O5. The predicted octanol–water partition coefficient (Wildman–Crippen LogP) is 3.63. The van der Waals surface area contributed by atoms with E-state index in [9.17, 15) is 14.4 Å². The van der Waals surface area contributed by atoms with Crippen LogP contribution in [0, 0.1) is 18.8 Å². The number of carbonyl (C=O) groups is 3. The Kier molecular flexibility index (Phi) is 6.99. The minimum absolute atomic E-state index is 0.0708. The lowest BCUT2D eigenvalue weighted by Crippen LogP contribution is -2.35. The Hall–Kier alpha value is -3.95. The Balaban J connectivity index is 1.59. The van der Waals surface area contributed by atoms with Gasteiger partial charge in [-0.2, -0.15) is 0 Å². The number of rotatable bonds is 6. The van der Waals surface area contributed by atoms with Gasteiger partial charge in [-0.15, -0.1) is 0 Å². The summed E-state index contributed by atoms with van der Waals surface area (Å²) >= 11 is 0. The molecule has 4 rings (SSSR count). The van der Waals surface area contributed by atoms with Gasteiger partial charge in [-0.1, -0.05) is 6.07 Å². The lowest BCUT2D eigenvalue weighted by Gasteiger charge is -2.28. The molecule has 10 nitrogen and oxygen atoms in total. The number of aromatic nitrogens is 2. The van der Waals surface area contributed by atoms with Crippen LogP contribution in [-0.2, 0) is 9.59 Å². The summed E-state index contributed by atoms with van der Waals surface area (Å²) in [5.41, 5.74) is 1.51. The van der Waals surface area contributed by atoms with Gasteiger partial charge in [-0.3, -0.25) is 14.4 Å². The average Bonchev–Trinajstić information content (AvgIpc) is 3.23. The highest BCUT2D eigenvalue weighted by Crippen LogP contribution is 2.38. The highest BCUT2D eigenvalue weighted by atomic mass is 16.5. The molecule has 0 spiro atoms. The number of ether oxygens (including phenoxy) is 1. The van der Waals surface area contributed by atoms with Crippen molar-refractivity contribution in [1.82, 2.24) is 14.9 Å². The van der Waals surface area contributed by atoms with E-state index in [1.165, 1.54) is 13.3 Å². The second kappa shape index (κ2) is 10.1. The number of amides is 3. The molecule has 1 fully saturated rings. The first-order valence-corrected chi connectivity index (χ1v) is 11.5. The van der Waals surface area contributed by atoms with E-state index in [1.54, 1.807) is 37.3 Å². The second-order valence-electron chi connectivity index (χ2n) is 8.94. The number of carbonyl (C=O) groups excluding carboxylic acids is 3. The normalized spacial score (nSPS) is 17.6. The zero-order chi connectivity index (χ0) is 25.1. The highest BCUT2D eigenvalue weighted by molar-refractivity contribution is 6.15. The van der Waals surface area contributed by atoms with Gasteiger partial charge in [0.25, 0.3) is 5.91 Å². The van der Waals surface area contributed by atoms with Crippen molar-refractivity contribution < 1.29 is 23.5 Å². The smallest absolute Gasteiger partial charge is 0.294 e. The van der Waals surface area contributed by atoms with E-state index >= 15 is 0 Å². The number of furan rings is 1. The summed E-state index contributed by atoms with van der Waals surface area (Å²) in [7, 11) is 4.94. The van der Waals surface area contributed by atoms with Gasteiger partial charge in [-0.25, -0.2) is 9.97 Å². The first-order valence-electron chi connectivity index (χ1n) is 11.5. The minimum Gasteiger partial charge on any atom is -0.480 e. The van der Waals surface area contributed by atoms with Crippen LogP contribution in [0.1, 0.15) is 41.8 Å².